The Labute approximate surface area is 151 Å². The maximum absolute atomic E-state index is 2.48. The molecule has 2 heterocycles. The van der Waals surface area contributed by atoms with Gasteiger partial charge in [0.15, 0.2) is 0 Å². The lowest BCUT2D eigenvalue weighted by Crippen LogP contribution is -2.28. The largest absolute Gasteiger partial charge is 0.351 e. The summed E-state index contributed by atoms with van der Waals surface area (Å²) in [6.07, 6.45) is 4.71. The van der Waals surface area contributed by atoms with Gasteiger partial charge in [-0.1, -0.05) is 55.5 Å². The molecular formula is C24H27N. The molecule has 0 bridgehead atoms. The number of aryl methyl sites for hydroxylation is 2. The van der Waals surface area contributed by atoms with Crippen molar-refractivity contribution in [1.82, 2.24) is 4.57 Å². The van der Waals surface area contributed by atoms with Gasteiger partial charge in [-0.15, -0.1) is 0 Å². The Balaban J connectivity index is 1.56. The van der Waals surface area contributed by atoms with Gasteiger partial charge in [0.1, 0.15) is 0 Å². The highest BCUT2D eigenvalue weighted by molar-refractivity contribution is 5.63. The van der Waals surface area contributed by atoms with Crippen LogP contribution in [0.1, 0.15) is 29.3 Å². The summed E-state index contributed by atoms with van der Waals surface area (Å²) in [5.74, 6) is 1.44. The van der Waals surface area contributed by atoms with Gasteiger partial charge in [0.05, 0.1) is 0 Å². The predicted octanol–water partition coefficient (Wildman–Crippen LogP) is 5.82. The van der Waals surface area contributed by atoms with Crippen molar-refractivity contribution in [3.05, 3.63) is 83.2 Å². The molecule has 128 valence electrons. The Hall–Kier alpha value is -2.28. The van der Waals surface area contributed by atoms with E-state index in [4.69, 9.17) is 0 Å². The quantitative estimate of drug-likeness (QED) is 0.570. The molecule has 2 aromatic carbocycles. The second-order valence-corrected chi connectivity index (χ2v) is 7.80. The zero-order valence-corrected chi connectivity index (χ0v) is 15.5. The van der Waals surface area contributed by atoms with E-state index < -0.39 is 0 Å². The van der Waals surface area contributed by atoms with Gasteiger partial charge in [0.25, 0.3) is 0 Å². The lowest BCUT2D eigenvalue weighted by molar-refractivity contribution is 0.273. The van der Waals surface area contributed by atoms with E-state index >= 15 is 0 Å². The molecule has 2 atom stereocenters. The lowest BCUT2D eigenvalue weighted by Gasteiger charge is -2.31. The van der Waals surface area contributed by atoms with Crippen LogP contribution in [0.5, 0.6) is 0 Å². The Bertz CT molecular complexity index is 872. The Morgan fingerprint density at radius 3 is 2.48 bits per heavy atom. The molecule has 2 unspecified atom stereocenters. The molecule has 1 nitrogen and oxygen atoms in total. The number of aromatic nitrogens is 1. The molecule has 0 fully saturated rings. The minimum atomic E-state index is 0.713. The standard InChI is InChI=1S/C24H27N/c1-17-9-10-20(11-18(17)2)12-22-13-24-14-23(16-25(24)15-19(22)3)21-7-5-4-6-8-21/h4-11,14,16,19,22H,12-13,15H2,1-3H3. The third-order valence-electron chi connectivity index (χ3n) is 5.92. The van der Waals surface area contributed by atoms with Crippen LogP contribution in [-0.4, -0.2) is 4.57 Å². The van der Waals surface area contributed by atoms with E-state index in [1.165, 1.54) is 46.4 Å². The van der Waals surface area contributed by atoms with Crippen LogP contribution in [0.4, 0.5) is 0 Å². The molecule has 0 saturated carbocycles. The Morgan fingerprint density at radius 2 is 1.72 bits per heavy atom. The van der Waals surface area contributed by atoms with E-state index in [0.717, 1.165) is 12.5 Å². The minimum absolute atomic E-state index is 0.713. The van der Waals surface area contributed by atoms with Crippen molar-refractivity contribution in [2.24, 2.45) is 11.8 Å². The molecule has 0 aliphatic carbocycles. The van der Waals surface area contributed by atoms with Crippen molar-refractivity contribution < 1.29 is 0 Å². The molecule has 0 spiro atoms. The SMILES string of the molecule is Cc1ccc(CC2Cc3cc(-c4ccccc4)cn3CC2C)cc1C. The van der Waals surface area contributed by atoms with Crippen LogP contribution in [0.2, 0.25) is 0 Å². The predicted molar refractivity (Wildman–Crippen MR) is 106 cm³/mol. The van der Waals surface area contributed by atoms with Crippen LogP contribution in [0.3, 0.4) is 0 Å². The molecule has 1 aromatic heterocycles. The second kappa shape index (κ2) is 6.55. The van der Waals surface area contributed by atoms with Crippen LogP contribution in [0, 0.1) is 25.7 Å². The summed E-state index contributed by atoms with van der Waals surface area (Å²) in [5.41, 5.74) is 8.46. The van der Waals surface area contributed by atoms with Crippen molar-refractivity contribution in [1.29, 1.82) is 0 Å². The monoisotopic (exact) mass is 329 g/mol. The van der Waals surface area contributed by atoms with Crippen LogP contribution in [0.25, 0.3) is 11.1 Å². The Kier molecular flexibility index (Phi) is 4.25. The van der Waals surface area contributed by atoms with E-state index in [1.807, 2.05) is 0 Å². The highest BCUT2D eigenvalue weighted by atomic mass is 15.0. The topological polar surface area (TPSA) is 4.93 Å². The first kappa shape index (κ1) is 16.2. The summed E-state index contributed by atoms with van der Waals surface area (Å²) in [6.45, 7) is 7.97. The average Bonchev–Trinajstić information content (AvgIpc) is 3.02. The summed E-state index contributed by atoms with van der Waals surface area (Å²) in [6, 6.07) is 20.1. The van der Waals surface area contributed by atoms with Gasteiger partial charge in [0, 0.05) is 18.4 Å². The number of benzene rings is 2. The first-order valence-electron chi connectivity index (χ1n) is 9.41. The molecule has 0 radical (unpaired) electrons. The van der Waals surface area contributed by atoms with Gasteiger partial charge in [-0.3, -0.25) is 0 Å². The van der Waals surface area contributed by atoms with Crippen LogP contribution >= 0.6 is 0 Å². The number of hydrogen-bond acceptors (Lipinski definition) is 0. The first-order chi connectivity index (χ1) is 12.1. The van der Waals surface area contributed by atoms with Crippen molar-refractivity contribution in [2.75, 3.05) is 0 Å². The molecule has 0 N–H and O–H groups in total. The van der Waals surface area contributed by atoms with Gasteiger partial charge < -0.3 is 4.57 Å². The molecule has 4 rings (SSSR count). The third-order valence-corrected chi connectivity index (χ3v) is 5.92. The van der Waals surface area contributed by atoms with E-state index in [-0.39, 0.29) is 0 Å². The molecule has 25 heavy (non-hydrogen) atoms. The fraction of sp³-hybridized carbons (Fsp3) is 0.333. The first-order valence-corrected chi connectivity index (χ1v) is 9.41. The summed E-state index contributed by atoms with van der Waals surface area (Å²) < 4.78 is 2.48. The smallest absolute Gasteiger partial charge is 0.0251 e. The van der Waals surface area contributed by atoms with Gasteiger partial charge in [0.2, 0.25) is 0 Å². The molecule has 3 aromatic rings. The molecule has 1 aliphatic rings. The van der Waals surface area contributed by atoms with E-state index in [1.54, 1.807) is 0 Å². The zero-order chi connectivity index (χ0) is 17.4. The van der Waals surface area contributed by atoms with Crippen molar-refractivity contribution in [3.63, 3.8) is 0 Å². The summed E-state index contributed by atoms with van der Waals surface area (Å²) in [5, 5.41) is 0. The van der Waals surface area contributed by atoms with Gasteiger partial charge >= 0.3 is 0 Å². The summed E-state index contributed by atoms with van der Waals surface area (Å²) in [4.78, 5) is 0. The fourth-order valence-electron chi connectivity index (χ4n) is 4.12. The second-order valence-electron chi connectivity index (χ2n) is 7.80. The van der Waals surface area contributed by atoms with E-state index in [9.17, 15) is 0 Å². The third kappa shape index (κ3) is 3.28. The summed E-state index contributed by atoms with van der Waals surface area (Å²) in [7, 11) is 0. The summed E-state index contributed by atoms with van der Waals surface area (Å²) >= 11 is 0. The molecule has 0 saturated heterocycles. The number of hydrogen-bond donors (Lipinski definition) is 0. The van der Waals surface area contributed by atoms with Gasteiger partial charge in [-0.2, -0.15) is 0 Å². The van der Waals surface area contributed by atoms with Crippen LogP contribution in [-0.2, 0) is 19.4 Å². The van der Waals surface area contributed by atoms with E-state index in [2.05, 4.69) is 86.1 Å². The minimum Gasteiger partial charge on any atom is -0.351 e. The van der Waals surface area contributed by atoms with E-state index in [0.29, 0.717) is 5.92 Å². The van der Waals surface area contributed by atoms with Gasteiger partial charge in [-0.25, -0.2) is 0 Å². The zero-order valence-electron chi connectivity index (χ0n) is 15.5. The number of rotatable bonds is 3. The maximum atomic E-state index is 2.48. The van der Waals surface area contributed by atoms with Crippen molar-refractivity contribution in [2.45, 2.75) is 40.2 Å². The molecule has 0 amide bonds. The molecule has 1 aliphatic heterocycles. The molecular weight excluding hydrogens is 302 g/mol. The average molecular weight is 329 g/mol. The van der Waals surface area contributed by atoms with Gasteiger partial charge in [-0.05, 0) is 72.4 Å². The van der Waals surface area contributed by atoms with Crippen LogP contribution in [0.15, 0.2) is 60.8 Å². The highest BCUT2D eigenvalue weighted by Gasteiger charge is 2.26. The maximum Gasteiger partial charge on any atom is 0.0251 e. The fourth-order valence-corrected chi connectivity index (χ4v) is 4.12. The normalized spacial score (nSPS) is 19.6. The van der Waals surface area contributed by atoms with Crippen molar-refractivity contribution >= 4 is 0 Å². The number of fused-ring (bicyclic) bond motifs is 1. The Morgan fingerprint density at radius 1 is 0.920 bits per heavy atom. The van der Waals surface area contributed by atoms with Crippen molar-refractivity contribution in [3.8, 4) is 11.1 Å². The number of nitrogens with zero attached hydrogens (tertiary/aromatic N) is 1. The lowest BCUT2D eigenvalue weighted by atomic mass is 9.82. The molecule has 1 heteroatoms. The van der Waals surface area contributed by atoms with Crippen LogP contribution < -0.4 is 0 Å². The highest BCUT2D eigenvalue weighted by Crippen LogP contribution is 2.33.